The van der Waals surface area contributed by atoms with E-state index in [4.69, 9.17) is 16.7 Å². The molecule has 0 aliphatic heterocycles. The van der Waals surface area contributed by atoms with E-state index in [0.29, 0.717) is 10.8 Å². The number of hydrogen-bond acceptors (Lipinski definition) is 2. The van der Waals surface area contributed by atoms with E-state index >= 15 is 0 Å². The molecule has 4 heteroatoms. The number of aromatic nitrogens is 1. The fourth-order valence-electron chi connectivity index (χ4n) is 1.49. The lowest BCUT2D eigenvalue weighted by atomic mass is 10.0. The van der Waals surface area contributed by atoms with Gasteiger partial charge in [0.1, 0.15) is 11.0 Å². The molecule has 0 bridgehead atoms. The Hall–Kier alpha value is -1.45. The summed E-state index contributed by atoms with van der Waals surface area (Å²) in [6, 6.07) is 9.41. The van der Waals surface area contributed by atoms with E-state index in [1.54, 1.807) is 24.3 Å². The van der Waals surface area contributed by atoms with Crippen molar-refractivity contribution in [2.45, 2.75) is 6.61 Å². The fraction of sp³-hybridized carbons (Fsp3) is 0.0833. The molecule has 0 aliphatic rings. The van der Waals surface area contributed by atoms with Crippen molar-refractivity contribution in [2.24, 2.45) is 0 Å². The first-order valence-electron chi connectivity index (χ1n) is 4.73. The number of pyridine rings is 1. The van der Waals surface area contributed by atoms with E-state index in [2.05, 4.69) is 4.98 Å². The minimum atomic E-state index is -0.295. The van der Waals surface area contributed by atoms with Crippen LogP contribution in [0.1, 0.15) is 5.69 Å². The van der Waals surface area contributed by atoms with Gasteiger partial charge >= 0.3 is 0 Å². The number of benzene rings is 1. The van der Waals surface area contributed by atoms with Gasteiger partial charge in [-0.1, -0.05) is 23.7 Å². The SMILES string of the molecule is OCc1nc(Cl)ccc1-c1ccc(F)cc1. The van der Waals surface area contributed by atoms with Crippen molar-refractivity contribution in [3.63, 3.8) is 0 Å². The maximum atomic E-state index is 12.8. The summed E-state index contributed by atoms with van der Waals surface area (Å²) in [5, 5.41) is 9.49. The average Bonchev–Trinajstić information content (AvgIpc) is 2.30. The van der Waals surface area contributed by atoms with Crippen LogP contribution in [0.2, 0.25) is 5.15 Å². The summed E-state index contributed by atoms with van der Waals surface area (Å²) in [5.74, 6) is -0.295. The number of hydrogen-bond donors (Lipinski definition) is 1. The molecule has 2 rings (SSSR count). The number of halogens is 2. The largest absolute Gasteiger partial charge is 0.390 e. The van der Waals surface area contributed by atoms with Crippen molar-refractivity contribution < 1.29 is 9.50 Å². The summed E-state index contributed by atoms with van der Waals surface area (Å²) < 4.78 is 12.8. The van der Waals surface area contributed by atoms with Gasteiger partial charge in [0.05, 0.1) is 12.3 Å². The van der Waals surface area contributed by atoms with Crippen molar-refractivity contribution in [3.8, 4) is 11.1 Å². The summed E-state index contributed by atoms with van der Waals surface area (Å²) in [6.07, 6.45) is 0. The first-order chi connectivity index (χ1) is 7.70. The molecule has 0 unspecified atom stereocenters. The molecule has 1 aromatic heterocycles. The molecule has 1 N–H and O–H groups in total. The molecule has 0 aliphatic carbocycles. The lowest BCUT2D eigenvalue weighted by molar-refractivity contribution is 0.277. The maximum absolute atomic E-state index is 12.8. The highest BCUT2D eigenvalue weighted by Crippen LogP contribution is 2.24. The van der Waals surface area contributed by atoms with Gasteiger partial charge in [0.15, 0.2) is 0 Å². The van der Waals surface area contributed by atoms with Crippen molar-refractivity contribution in [1.29, 1.82) is 0 Å². The molecular weight excluding hydrogens is 229 g/mol. The van der Waals surface area contributed by atoms with Crippen LogP contribution in [-0.4, -0.2) is 10.1 Å². The zero-order chi connectivity index (χ0) is 11.5. The Morgan fingerprint density at radius 3 is 2.44 bits per heavy atom. The number of rotatable bonds is 2. The predicted molar refractivity (Wildman–Crippen MR) is 60.6 cm³/mol. The van der Waals surface area contributed by atoms with Crippen molar-refractivity contribution in [2.75, 3.05) is 0 Å². The second-order valence-electron chi connectivity index (χ2n) is 3.29. The topological polar surface area (TPSA) is 33.1 Å². The Kier molecular flexibility index (Phi) is 3.17. The molecule has 0 saturated carbocycles. The van der Waals surface area contributed by atoms with Crippen LogP contribution in [0.5, 0.6) is 0 Å². The highest BCUT2D eigenvalue weighted by Gasteiger charge is 2.06. The molecule has 16 heavy (non-hydrogen) atoms. The summed E-state index contributed by atoms with van der Waals surface area (Å²) in [7, 11) is 0. The third kappa shape index (κ3) is 2.21. The second kappa shape index (κ2) is 4.60. The summed E-state index contributed by atoms with van der Waals surface area (Å²) >= 11 is 5.73. The maximum Gasteiger partial charge on any atom is 0.129 e. The monoisotopic (exact) mass is 237 g/mol. The zero-order valence-electron chi connectivity index (χ0n) is 8.32. The minimum absolute atomic E-state index is 0.201. The van der Waals surface area contributed by atoms with Crippen molar-refractivity contribution in [1.82, 2.24) is 4.98 Å². The van der Waals surface area contributed by atoms with E-state index in [0.717, 1.165) is 11.1 Å². The molecule has 0 saturated heterocycles. The molecular formula is C12H9ClFNO. The minimum Gasteiger partial charge on any atom is -0.390 e. The van der Waals surface area contributed by atoms with Gasteiger partial charge in [0.2, 0.25) is 0 Å². The first kappa shape index (κ1) is 11.0. The molecule has 82 valence electrons. The van der Waals surface area contributed by atoms with Gasteiger partial charge in [-0.2, -0.15) is 0 Å². The van der Waals surface area contributed by atoms with E-state index in [1.807, 2.05) is 0 Å². The normalized spacial score (nSPS) is 10.4. The third-order valence-electron chi connectivity index (χ3n) is 2.25. The van der Waals surface area contributed by atoms with Crippen LogP contribution in [0.15, 0.2) is 36.4 Å². The fourth-order valence-corrected chi connectivity index (χ4v) is 1.65. The van der Waals surface area contributed by atoms with Crippen LogP contribution in [0.25, 0.3) is 11.1 Å². The molecule has 1 heterocycles. The Balaban J connectivity index is 2.51. The second-order valence-corrected chi connectivity index (χ2v) is 3.68. The van der Waals surface area contributed by atoms with E-state index in [9.17, 15) is 4.39 Å². The zero-order valence-corrected chi connectivity index (χ0v) is 9.08. The molecule has 1 aromatic carbocycles. The molecule has 2 nitrogen and oxygen atoms in total. The highest BCUT2D eigenvalue weighted by molar-refractivity contribution is 6.29. The molecule has 0 radical (unpaired) electrons. The highest BCUT2D eigenvalue weighted by atomic mass is 35.5. The molecule has 0 fully saturated rings. The smallest absolute Gasteiger partial charge is 0.129 e. The van der Waals surface area contributed by atoms with Crippen LogP contribution < -0.4 is 0 Å². The van der Waals surface area contributed by atoms with Crippen LogP contribution >= 0.6 is 11.6 Å². The van der Waals surface area contributed by atoms with Gasteiger partial charge in [-0.15, -0.1) is 0 Å². The Labute approximate surface area is 97.3 Å². The quantitative estimate of drug-likeness (QED) is 0.815. The standard InChI is InChI=1S/C12H9ClFNO/c13-12-6-5-10(11(7-16)15-12)8-1-3-9(14)4-2-8/h1-6,16H,7H2. The van der Waals surface area contributed by atoms with Gasteiger partial charge in [-0.3, -0.25) is 0 Å². The number of nitrogens with zero attached hydrogens (tertiary/aromatic N) is 1. The third-order valence-corrected chi connectivity index (χ3v) is 2.46. The Morgan fingerprint density at radius 2 is 1.81 bits per heavy atom. The molecule has 0 atom stereocenters. The predicted octanol–water partition coefficient (Wildman–Crippen LogP) is 3.03. The lowest BCUT2D eigenvalue weighted by Crippen LogP contribution is -1.94. The molecule has 0 spiro atoms. The van der Waals surface area contributed by atoms with Crippen molar-refractivity contribution in [3.05, 3.63) is 53.1 Å². The number of aliphatic hydroxyl groups excluding tert-OH is 1. The van der Waals surface area contributed by atoms with E-state index in [1.165, 1.54) is 12.1 Å². The van der Waals surface area contributed by atoms with Crippen LogP contribution in [0.4, 0.5) is 4.39 Å². The van der Waals surface area contributed by atoms with Gasteiger partial charge < -0.3 is 5.11 Å². The van der Waals surface area contributed by atoms with E-state index < -0.39 is 0 Å². The summed E-state index contributed by atoms with van der Waals surface area (Å²) in [5.41, 5.74) is 2.04. The molecule has 0 amide bonds. The summed E-state index contributed by atoms with van der Waals surface area (Å²) in [6.45, 7) is -0.201. The van der Waals surface area contributed by atoms with Crippen LogP contribution in [0, 0.1) is 5.82 Å². The van der Waals surface area contributed by atoms with E-state index in [-0.39, 0.29) is 12.4 Å². The Bertz CT molecular complexity index is 499. The molecule has 2 aromatic rings. The van der Waals surface area contributed by atoms with Gasteiger partial charge in [0.25, 0.3) is 0 Å². The lowest BCUT2D eigenvalue weighted by Gasteiger charge is -2.06. The number of aliphatic hydroxyl groups is 1. The van der Waals surface area contributed by atoms with Crippen LogP contribution in [0.3, 0.4) is 0 Å². The van der Waals surface area contributed by atoms with Gasteiger partial charge in [-0.05, 0) is 29.8 Å². The van der Waals surface area contributed by atoms with Gasteiger partial charge in [0, 0.05) is 5.56 Å². The average molecular weight is 238 g/mol. The van der Waals surface area contributed by atoms with Crippen molar-refractivity contribution >= 4 is 11.6 Å². The first-order valence-corrected chi connectivity index (χ1v) is 5.10. The Morgan fingerprint density at radius 1 is 1.12 bits per heavy atom. The van der Waals surface area contributed by atoms with Crippen LogP contribution in [-0.2, 0) is 6.61 Å². The van der Waals surface area contributed by atoms with Gasteiger partial charge in [-0.25, -0.2) is 9.37 Å². The summed E-state index contributed by atoms with van der Waals surface area (Å²) in [4.78, 5) is 4.01.